The first-order chi connectivity index (χ1) is 8.16. The van der Waals surface area contributed by atoms with Crippen LogP contribution in [0.5, 0.6) is 0 Å². The summed E-state index contributed by atoms with van der Waals surface area (Å²) >= 11 is 0. The first-order valence-electron chi connectivity index (χ1n) is 5.84. The van der Waals surface area contributed by atoms with Crippen LogP contribution < -0.4 is 5.32 Å². The van der Waals surface area contributed by atoms with Gasteiger partial charge in [0, 0.05) is 12.2 Å². The predicted octanol–water partition coefficient (Wildman–Crippen LogP) is 2.32. The van der Waals surface area contributed by atoms with Crippen LogP contribution in [-0.4, -0.2) is 21.3 Å². The summed E-state index contributed by atoms with van der Waals surface area (Å²) in [5, 5.41) is 7.74. The van der Waals surface area contributed by atoms with Crippen molar-refractivity contribution in [3.63, 3.8) is 0 Å². The molecule has 0 saturated heterocycles. The SMILES string of the molecule is Cc1nc(C)n(CCNc2ccccc2C)n1. The number of rotatable bonds is 4. The van der Waals surface area contributed by atoms with Gasteiger partial charge in [0.1, 0.15) is 11.6 Å². The van der Waals surface area contributed by atoms with Crippen molar-refractivity contribution in [1.82, 2.24) is 14.8 Å². The molecule has 0 aliphatic rings. The number of nitrogens with zero attached hydrogens (tertiary/aromatic N) is 3. The summed E-state index contributed by atoms with van der Waals surface area (Å²) in [5.74, 6) is 1.80. The fraction of sp³-hybridized carbons (Fsp3) is 0.385. The molecule has 0 radical (unpaired) electrons. The average molecular weight is 230 g/mol. The monoisotopic (exact) mass is 230 g/mol. The molecule has 1 N–H and O–H groups in total. The third-order valence-electron chi connectivity index (χ3n) is 2.75. The standard InChI is InChI=1S/C13H18N4/c1-10-6-4-5-7-13(10)14-8-9-17-12(3)15-11(2)16-17/h4-7,14H,8-9H2,1-3H3. The average Bonchev–Trinajstić information content (AvgIpc) is 2.60. The first-order valence-corrected chi connectivity index (χ1v) is 5.84. The Kier molecular flexibility index (Phi) is 3.42. The molecule has 1 aromatic carbocycles. The number of aromatic nitrogens is 3. The van der Waals surface area contributed by atoms with E-state index in [1.165, 1.54) is 11.3 Å². The molecule has 0 atom stereocenters. The molecule has 1 aromatic heterocycles. The van der Waals surface area contributed by atoms with E-state index in [1.54, 1.807) is 0 Å². The van der Waals surface area contributed by atoms with Crippen molar-refractivity contribution >= 4 is 5.69 Å². The van der Waals surface area contributed by atoms with Crippen LogP contribution in [0.2, 0.25) is 0 Å². The van der Waals surface area contributed by atoms with E-state index in [4.69, 9.17) is 0 Å². The van der Waals surface area contributed by atoms with Crippen molar-refractivity contribution in [3.8, 4) is 0 Å². The Balaban J connectivity index is 1.92. The molecule has 1 heterocycles. The van der Waals surface area contributed by atoms with Gasteiger partial charge in [-0.1, -0.05) is 18.2 Å². The molecule has 0 aliphatic carbocycles. The normalized spacial score (nSPS) is 10.5. The Labute approximate surface area is 102 Å². The van der Waals surface area contributed by atoms with Crippen molar-refractivity contribution in [3.05, 3.63) is 41.5 Å². The Morgan fingerprint density at radius 1 is 1.18 bits per heavy atom. The molecule has 0 saturated carbocycles. The van der Waals surface area contributed by atoms with Crippen LogP contribution in [0, 0.1) is 20.8 Å². The lowest BCUT2D eigenvalue weighted by molar-refractivity contribution is 0.612. The van der Waals surface area contributed by atoms with Gasteiger partial charge in [-0.05, 0) is 32.4 Å². The van der Waals surface area contributed by atoms with Crippen LogP contribution >= 0.6 is 0 Å². The van der Waals surface area contributed by atoms with Crippen LogP contribution in [0.1, 0.15) is 17.2 Å². The topological polar surface area (TPSA) is 42.7 Å². The Morgan fingerprint density at radius 3 is 2.59 bits per heavy atom. The van der Waals surface area contributed by atoms with E-state index in [0.717, 1.165) is 24.7 Å². The lowest BCUT2D eigenvalue weighted by atomic mass is 10.2. The van der Waals surface area contributed by atoms with Gasteiger partial charge in [0.2, 0.25) is 0 Å². The quantitative estimate of drug-likeness (QED) is 0.876. The molecule has 4 heteroatoms. The lowest BCUT2D eigenvalue weighted by Crippen LogP contribution is -2.13. The number of hydrogen-bond donors (Lipinski definition) is 1. The van der Waals surface area contributed by atoms with Gasteiger partial charge in [0.15, 0.2) is 0 Å². The highest BCUT2D eigenvalue weighted by atomic mass is 15.3. The Hall–Kier alpha value is -1.84. The molecule has 0 fully saturated rings. The third kappa shape index (κ3) is 2.84. The number of hydrogen-bond acceptors (Lipinski definition) is 3. The van der Waals surface area contributed by atoms with Crippen molar-refractivity contribution in [1.29, 1.82) is 0 Å². The summed E-state index contributed by atoms with van der Waals surface area (Å²) in [6.07, 6.45) is 0. The smallest absolute Gasteiger partial charge is 0.147 e. The van der Waals surface area contributed by atoms with E-state index in [-0.39, 0.29) is 0 Å². The van der Waals surface area contributed by atoms with Crippen molar-refractivity contribution in [2.24, 2.45) is 0 Å². The highest BCUT2D eigenvalue weighted by molar-refractivity contribution is 5.49. The molecule has 0 aliphatic heterocycles. The van der Waals surface area contributed by atoms with Crippen LogP contribution in [0.3, 0.4) is 0 Å². The number of nitrogens with one attached hydrogen (secondary N) is 1. The van der Waals surface area contributed by atoms with Crippen molar-refractivity contribution in [2.75, 3.05) is 11.9 Å². The maximum atomic E-state index is 4.33. The second kappa shape index (κ2) is 4.99. The Bertz CT molecular complexity index is 502. The maximum Gasteiger partial charge on any atom is 0.147 e. The molecular formula is C13H18N4. The minimum atomic E-state index is 0.832. The summed E-state index contributed by atoms with van der Waals surface area (Å²) < 4.78 is 1.93. The second-order valence-electron chi connectivity index (χ2n) is 4.17. The summed E-state index contributed by atoms with van der Waals surface area (Å²) in [4.78, 5) is 4.28. The highest BCUT2D eigenvalue weighted by Gasteiger charge is 2.01. The second-order valence-corrected chi connectivity index (χ2v) is 4.17. The molecule has 0 amide bonds. The highest BCUT2D eigenvalue weighted by Crippen LogP contribution is 2.12. The van der Waals surface area contributed by atoms with Gasteiger partial charge >= 0.3 is 0 Å². The van der Waals surface area contributed by atoms with Gasteiger partial charge in [-0.2, -0.15) is 5.10 Å². The largest absolute Gasteiger partial charge is 0.383 e. The van der Waals surface area contributed by atoms with Crippen LogP contribution in [0.4, 0.5) is 5.69 Å². The van der Waals surface area contributed by atoms with E-state index in [1.807, 2.05) is 30.7 Å². The molecule has 90 valence electrons. The lowest BCUT2D eigenvalue weighted by Gasteiger charge is -2.09. The predicted molar refractivity (Wildman–Crippen MR) is 69.2 cm³/mol. The van der Waals surface area contributed by atoms with E-state index in [0.29, 0.717) is 0 Å². The van der Waals surface area contributed by atoms with Gasteiger partial charge in [-0.15, -0.1) is 0 Å². The molecule has 2 rings (SSSR count). The number of para-hydroxylation sites is 1. The van der Waals surface area contributed by atoms with Crippen LogP contribution in [0.15, 0.2) is 24.3 Å². The molecule has 17 heavy (non-hydrogen) atoms. The molecule has 0 bridgehead atoms. The van der Waals surface area contributed by atoms with E-state index < -0.39 is 0 Å². The van der Waals surface area contributed by atoms with Gasteiger partial charge in [0.05, 0.1) is 6.54 Å². The zero-order chi connectivity index (χ0) is 12.3. The Morgan fingerprint density at radius 2 is 1.94 bits per heavy atom. The summed E-state index contributed by atoms with van der Waals surface area (Å²) in [6.45, 7) is 7.69. The van der Waals surface area contributed by atoms with Crippen LogP contribution in [-0.2, 0) is 6.54 Å². The van der Waals surface area contributed by atoms with Gasteiger partial charge in [0.25, 0.3) is 0 Å². The van der Waals surface area contributed by atoms with Crippen LogP contribution in [0.25, 0.3) is 0 Å². The van der Waals surface area contributed by atoms with E-state index in [9.17, 15) is 0 Å². The number of benzene rings is 1. The van der Waals surface area contributed by atoms with Gasteiger partial charge < -0.3 is 5.32 Å². The zero-order valence-electron chi connectivity index (χ0n) is 10.6. The molecule has 2 aromatic rings. The molecule has 0 spiro atoms. The van der Waals surface area contributed by atoms with Crippen molar-refractivity contribution < 1.29 is 0 Å². The minimum Gasteiger partial charge on any atom is -0.383 e. The zero-order valence-corrected chi connectivity index (χ0v) is 10.6. The fourth-order valence-electron chi connectivity index (χ4n) is 1.84. The maximum absolute atomic E-state index is 4.33. The fourth-order valence-corrected chi connectivity index (χ4v) is 1.84. The number of anilines is 1. The number of aryl methyl sites for hydroxylation is 3. The molecule has 0 unspecified atom stereocenters. The molecular weight excluding hydrogens is 212 g/mol. The molecule has 4 nitrogen and oxygen atoms in total. The third-order valence-corrected chi connectivity index (χ3v) is 2.75. The minimum absolute atomic E-state index is 0.832. The van der Waals surface area contributed by atoms with E-state index >= 15 is 0 Å². The summed E-state index contributed by atoms with van der Waals surface area (Å²) in [5.41, 5.74) is 2.45. The first kappa shape index (κ1) is 11.6. The summed E-state index contributed by atoms with van der Waals surface area (Å²) in [6, 6.07) is 8.29. The van der Waals surface area contributed by atoms with Gasteiger partial charge in [-0.3, -0.25) is 0 Å². The van der Waals surface area contributed by atoms with E-state index in [2.05, 4.69) is 34.5 Å². The van der Waals surface area contributed by atoms with Crippen molar-refractivity contribution in [2.45, 2.75) is 27.3 Å². The summed E-state index contributed by atoms with van der Waals surface area (Å²) in [7, 11) is 0. The van der Waals surface area contributed by atoms with Gasteiger partial charge in [-0.25, -0.2) is 9.67 Å².